The van der Waals surface area contributed by atoms with E-state index in [9.17, 15) is 9.90 Å². The molecule has 1 aliphatic rings. The molecule has 0 aromatic heterocycles. The maximum Gasteiger partial charge on any atom is 0.229 e. The van der Waals surface area contributed by atoms with E-state index >= 15 is 0 Å². The van der Waals surface area contributed by atoms with Crippen LogP contribution in [-0.2, 0) is 4.79 Å². The van der Waals surface area contributed by atoms with Gasteiger partial charge in [0.15, 0.2) is 0 Å². The van der Waals surface area contributed by atoms with Gasteiger partial charge in [-0.15, -0.1) is 0 Å². The lowest BCUT2D eigenvalue weighted by Crippen LogP contribution is -2.38. The van der Waals surface area contributed by atoms with Crippen molar-refractivity contribution < 1.29 is 14.6 Å². The Morgan fingerprint density at radius 2 is 2.08 bits per heavy atom. The number of carbonyl (C=O) groups is 1. The zero-order valence-corrected chi connectivity index (χ0v) is 14.6. The van der Waals surface area contributed by atoms with Crippen LogP contribution >= 0.6 is 0 Å². The molecule has 0 aliphatic carbocycles. The Balaban J connectivity index is 1.67. The van der Waals surface area contributed by atoms with Gasteiger partial charge in [-0.25, -0.2) is 0 Å². The largest absolute Gasteiger partial charge is 0.491 e. The Morgan fingerprint density at radius 3 is 2.88 bits per heavy atom. The van der Waals surface area contributed by atoms with Crippen LogP contribution in [0.25, 0.3) is 0 Å². The topological polar surface area (TPSA) is 61.8 Å². The van der Waals surface area contributed by atoms with Gasteiger partial charge < -0.3 is 20.1 Å². The number of hydrogen-bond acceptors (Lipinski definition) is 4. The number of ether oxygens (including phenoxy) is 1. The van der Waals surface area contributed by atoms with Crippen molar-refractivity contribution >= 4 is 17.3 Å². The SMILES string of the molecule is Cc1cccc(OCC(O)CN2CC(C)C(=O)Nc3ccccc32)c1. The summed E-state index contributed by atoms with van der Waals surface area (Å²) in [6, 6.07) is 15.4. The summed E-state index contributed by atoms with van der Waals surface area (Å²) < 4.78 is 5.70. The van der Waals surface area contributed by atoms with Crippen molar-refractivity contribution in [2.75, 3.05) is 29.9 Å². The van der Waals surface area contributed by atoms with Crippen molar-refractivity contribution in [3.05, 3.63) is 54.1 Å². The Bertz CT molecular complexity index is 747. The summed E-state index contributed by atoms with van der Waals surface area (Å²) in [5.41, 5.74) is 2.82. The number of fused-ring (bicyclic) bond motifs is 1. The van der Waals surface area contributed by atoms with E-state index in [1.165, 1.54) is 0 Å². The average molecular weight is 340 g/mol. The summed E-state index contributed by atoms with van der Waals surface area (Å²) >= 11 is 0. The minimum absolute atomic E-state index is 0.000417. The lowest BCUT2D eigenvalue weighted by molar-refractivity contribution is -0.119. The molecule has 1 aliphatic heterocycles. The second kappa shape index (κ2) is 7.57. The van der Waals surface area contributed by atoms with Gasteiger partial charge >= 0.3 is 0 Å². The number of aliphatic hydroxyl groups is 1. The van der Waals surface area contributed by atoms with Gasteiger partial charge in [0.25, 0.3) is 0 Å². The summed E-state index contributed by atoms with van der Waals surface area (Å²) in [5, 5.41) is 13.4. The standard InChI is InChI=1S/C20H24N2O3/c1-14-6-5-7-17(10-14)25-13-16(23)12-22-11-15(2)20(24)21-18-8-3-4-9-19(18)22/h3-10,15-16,23H,11-13H2,1-2H3,(H,21,24). The van der Waals surface area contributed by atoms with Crippen molar-refractivity contribution in [1.82, 2.24) is 0 Å². The van der Waals surface area contributed by atoms with Crippen molar-refractivity contribution in [1.29, 1.82) is 0 Å². The predicted octanol–water partition coefficient (Wildman–Crippen LogP) is 2.83. The van der Waals surface area contributed by atoms with E-state index in [1.54, 1.807) is 0 Å². The number of aliphatic hydroxyl groups excluding tert-OH is 1. The van der Waals surface area contributed by atoms with E-state index in [1.807, 2.05) is 67.3 Å². The van der Waals surface area contributed by atoms with E-state index in [0.717, 1.165) is 22.7 Å². The van der Waals surface area contributed by atoms with Gasteiger partial charge in [-0.1, -0.05) is 31.2 Å². The zero-order valence-electron chi connectivity index (χ0n) is 14.6. The second-order valence-electron chi connectivity index (χ2n) is 6.59. The summed E-state index contributed by atoms with van der Waals surface area (Å²) in [5.74, 6) is 0.596. The van der Waals surface area contributed by atoms with Gasteiger partial charge in [0.2, 0.25) is 5.91 Å². The zero-order chi connectivity index (χ0) is 17.8. The Labute approximate surface area is 148 Å². The van der Waals surface area contributed by atoms with Gasteiger partial charge in [-0.3, -0.25) is 4.79 Å². The van der Waals surface area contributed by atoms with Crippen LogP contribution in [0.4, 0.5) is 11.4 Å². The Morgan fingerprint density at radius 1 is 1.28 bits per heavy atom. The van der Waals surface area contributed by atoms with Gasteiger partial charge in [0.1, 0.15) is 18.5 Å². The number of benzene rings is 2. The number of nitrogens with zero attached hydrogens (tertiary/aromatic N) is 1. The third-order valence-corrected chi connectivity index (χ3v) is 4.31. The second-order valence-corrected chi connectivity index (χ2v) is 6.59. The molecule has 2 aromatic rings. The van der Waals surface area contributed by atoms with Crippen LogP contribution in [0.1, 0.15) is 12.5 Å². The first-order valence-corrected chi connectivity index (χ1v) is 8.55. The van der Waals surface area contributed by atoms with Gasteiger partial charge in [-0.05, 0) is 36.8 Å². The van der Waals surface area contributed by atoms with Crippen LogP contribution in [-0.4, -0.2) is 36.8 Å². The van der Waals surface area contributed by atoms with Crippen molar-refractivity contribution in [3.63, 3.8) is 0 Å². The van der Waals surface area contributed by atoms with E-state index in [4.69, 9.17) is 4.74 Å². The van der Waals surface area contributed by atoms with Crippen LogP contribution in [0.2, 0.25) is 0 Å². The number of aryl methyl sites for hydroxylation is 1. The van der Waals surface area contributed by atoms with E-state index < -0.39 is 6.10 Å². The van der Waals surface area contributed by atoms with Gasteiger partial charge in [0.05, 0.1) is 17.3 Å². The number of anilines is 2. The van der Waals surface area contributed by atoms with Crippen LogP contribution < -0.4 is 15.0 Å². The molecule has 0 bridgehead atoms. The quantitative estimate of drug-likeness (QED) is 0.879. The Kier molecular flexibility index (Phi) is 5.24. The van der Waals surface area contributed by atoms with Gasteiger partial charge in [0, 0.05) is 13.1 Å². The highest BCUT2D eigenvalue weighted by molar-refractivity contribution is 5.97. The molecule has 25 heavy (non-hydrogen) atoms. The first kappa shape index (κ1) is 17.3. The van der Waals surface area contributed by atoms with Crippen LogP contribution in [0.5, 0.6) is 5.75 Å². The minimum Gasteiger partial charge on any atom is -0.491 e. The highest BCUT2D eigenvalue weighted by atomic mass is 16.5. The summed E-state index contributed by atoms with van der Waals surface area (Å²) in [6.07, 6.45) is -0.658. The summed E-state index contributed by atoms with van der Waals surface area (Å²) in [7, 11) is 0. The molecular weight excluding hydrogens is 316 g/mol. The molecule has 0 radical (unpaired) electrons. The van der Waals surface area contributed by atoms with Crippen molar-refractivity contribution in [3.8, 4) is 5.75 Å². The molecule has 0 fully saturated rings. The highest BCUT2D eigenvalue weighted by Gasteiger charge is 2.26. The van der Waals surface area contributed by atoms with Gasteiger partial charge in [-0.2, -0.15) is 0 Å². The highest BCUT2D eigenvalue weighted by Crippen LogP contribution is 2.29. The molecule has 132 valence electrons. The molecule has 1 heterocycles. The minimum atomic E-state index is -0.658. The van der Waals surface area contributed by atoms with Crippen LogP contribution in [0, 0.1) is 12.8 Å². The molecule has 2 unspecified atom stereocenters. The molecule has 3 rings (SSSR count). The molecule has 0 saturated carbocycles. The number of para-hydroxylation sites is 2. The smallest absolute Gasteiger partial charge is 0.229 e. The molecule has 1 amide bonds. The normalized spacial score (nSPS) is 18.1. The third kappa shape index (κ3) is 4.31. The number of nitrogens with one attached hydrogen (secondary N) is 1. The fourth-order valence-corrected chi connectivity index (χ4v) is 3.00. The van der Waals surface area contributed by atoms with E-state index in [0.29, 0.717) is 13.1 Å². The first-order chi connectivity index (χ1) is 12.0. The van der Waals surface area contributed by atoms with Crippen LogP contribution in [0.15, 0.2) is 48.5 Å². The van der Waals surface area contributed by atoms with Crippen molar-refractivity contribution in [2.45, 2.75) is 20.0 Å². The Hall–Kier alpha value is -2.53. The fourth-order valence-electron chi connectivity index (χ4n) is 3.00. The van der Waals surface area contributed by atoms with E-state index in [2.05, 4.69) is 5.32 Å². The third-order valence-electron chi connectivity index (χ3n) is 4.31. The lowest BCUT2D eigenvalue weighted by Gasteiger charge is -2.28. The van der Waals surface area contributed by atoms with E-state index in [-0.39, 0.29) is 18.4 Å². The molecule has 5 heteroatoms. The molecule has 2 aromatic carbocycles. The maximum atomic E-state index is 12.1. The molecule has 0 saturated heterocycles. The molecule has 0 spiro atoms. The summed E-state index contributed by atoms with van der Waals surface area (Å²) in [4.78, 5) is 14.2. The maximum absolute atomic E-state index is 12.1. The number of β-amino-alcohol motifs (C(OH)–C–C–N with tert-alkyl or cyclic N) is 1. The first-order valence-electron chi connectivity index (χ1n) is 8.55. The number of rotatable bonds is 5. The number of carbonyl (C=O) groups excluding carboxylic acids is 1. The van der Waals surface area contributed by atoms with Crippen LogP contribution in [0.3, 0.4) is 0 Å². The molecule has 2 N–H and O–H groups in total. The molecular formula is C20H24N2O3. The number of amides is 1. The summed E-state index contributed by atoms with van der Waals surface area (Å²) in [6.45, 7) is 5.07. The van der Waals surface area contributed by atoms with Crippen molar-refractivity contribution in [2.24, 2.45) is 5.92 Å². The molecule has 5 nitrogen and oxygen atoms in total. The number of hydrogen-bond donors (Lipinski definition) is 2. The average Bonchev–Trinajstić information content (AvgIpc) is 2.70. The molecule has 2 atom stereocenters. The lowest BCUT2D eigenvalue weighted by atomic mass is 10.1. The predicted molar refractivity (Wildman–Crippen MR) is 99.1 cm³/mol. The monoisotopic (exact) mass is 340 g/mol. The fraction of sp³-hybridized carbons (Fsp3) is 0.350.